The molecule has 8 rings (SSSR count). The average molecular weight is 574 g/mol. The molecule has 1 amide bonds. The van der Waals surface area contributed by atoms with Crippen molar-refractivity contribution in [2.24, 2.45) is 17.6 Å². The molecular weight excluding hydrogens is 540 g/mol. The van der Waals surface area contributed by atoms with Crippen molar-refractivity contribution in [1.29, 1.82) is 0 Å². The summed E-state index contributed by atoms with van der Waals surface area (Å²) in [5.74, 6) is -1.45. The lowest BCUT2D eigenvalue weighted by Crippen LogP contribution is -2.42. The van der Waals surface area contributed by atoms with Crippen LogP contribution >= 0.6 is 0 Å². The largest absolute Gasteiger partial charge is 0.367 e. The normalized spacial score (nSPS) is 25.3. The van der Waals surface area contributed by atoms with Gasteiger partial charge in [-0.1, -0.05) is 13.0 Å². The van der Waals surface area contributed by atoms with E-state index in [1.165, 1.54) is 31.4 Å². The standard InChI is InChI=1S/C31H33F2N7O2/c1-18-15-38(17-23(18)34)28-20-16-39(31-12-9-19(10-13-31)11-14-31)36-24(20)5-6-25(28)35-30(42)26-7-8-27(41)40(37-26)29-21(32)3-2-4-22(29)33/h2-8,16,18-19,23H,9-15,17,34H2,1H3,(H,35,42)/t18-,19?,23+,31?/m1/s1. The molecule has 1 saturated heterocycles. The minimum Gasteiger partial charge on any atom is -0.367 e. The van der Waals surface area contributed by atoms with Crippen LogP contribution in [0.3, 0.4) is 0 Å². The molecule has 3 heterocycles. The summed E-state index contributed by atoms with van der Waals surface area (Å²) < 4.78 is 31.7. The van der Waals surface area contributed by atoms with E-state index in [9.17, 15) is 18.4 Å². The maximum Gasteiger partial charge on any atom is 0.276 e. The van der Waals surface area contributed by atoms with E-state index in [2.05, 4.69) is 33.1 Å². The number of anilines is 2. The summed E-state index contributed by atoms with van der Waals surface area (Å²) in [5, 5.41) is 13.0. The molecule has 2 atom stereocenters. The number of halogens is 2. The van der Waals surface area contributed by atoms with E-state index in [-0.39, 0.29) is 23.2 Å². The quantitative estimate of drug-likeness (QED) is 0.362. The number of carbonyl (C=O) groups is 1. The van der Waals surface area contributed by atoms with Gasteiger partial charge in [-0.25, -0.2) is 8.78 Å². The van der Waals surface area contributed by atoms with Gasteiger partial charge in [-0.05, 0) is 80.7 Å². The number of hydrogen-bond acceptors (Lipinski definition) is 6. The number of nitrogens with two attached hydrogens (primary N) is 1. The second-order valence-corrected chi connectivity index (χ2v) is 12.2. The summed E-state index contributed by atoms with van der Waals surface area (Å²) in [7, 11) is 0. The molecule has 2 bridgehead atoms. The maximum absolute atomic E-state index is 14.5. The second kappa shape index (κ2) is 10.0. The summed E-state index contributed by atoms with van der Waals surface area (Å²) in [5.41, 5.74) is 7.12. The van der Waals surface area contributed by atoms with Gasteiger partial charge in [-0.2, -0.15) is 14.9 Å². The van der Waals surface area contributed by atoms with Crippen LogP contribution in [0.15, 0.2) is 53.5 Å². The van der Waals surface area contributed by atoms with Gasteiger partial charge in [0.1, 0.15) is 11.4 Å². The first-order valence-corrected chi connectivity index (χ1v) is 14.6. The molecule has 0 radical (unpaired) electrons. The molecule has 11 heteroatoms. The number of rotatable bonds is 5. The van der Waals surface area contributed by atoms with Crippen LogP contribution in [0, 0.1) is 23.5 Å². The summed E-state index contributed by atoms with van der Waals surface area (Å²) in [6.07, 6.45) is 9.19. The average Bonchev–Trinajstić information content (AvgIpc) is 3.58. The highest BCUT2D eigenvalue weighted by Gasteiger charge is 2.43. The van der Waals surface area contributed by atoms with E-state index in [0.717, 1.165) is 66.5 Å². The van der Waals surface area contributed by atoms with Gasteiger partial charge in [0.15, 0.2) is 11.6 Å². The molecule has 4 aliphatic rings. The molecule has 1 aliphatic heterocycles. The van der Waals surface area contributed by atoms with Crippen LogP contribution in [0.4, 0.5) is 20.2 Å². The predicted molar refractivity (Wildman–Crippen MR) is 156 cm³/mol. The van der Waals surface area contributed by atoms with E-state index >= 15 is 0 Å². The van der Waals surface area contributed by atoms with Gasteiger partial charge in [-0.15, -0.1) is 0 Å². The van der Waals surface area contributed by atoms with Crippen LogP contribution in [-0.4, -0.2) is 44.6 Å². The monoisotopic (exact) mass is 573 g/mol. The van der Waals surface area contributed by atoms with Crippen molar-refractivity contribution < 1.29 is 13.6 Å². The van der Waals surface area contributed by atoms with Crippen molar-refractivity contribution in [2.75, 3.05) is 23.3 Å². The number of aromatic nitrogens is 4. The molecule has 218 valence electrons. The highest BCUT2D eigenvalue weighted by Crippen LogP contribution is 2.49. The van der Waals surface area contributed by atoms with Crippen molar-refractivity contribution >= 4 is 28.2 Å². The second-order valence-electron chi connectivity index (χ2n) is 12.2. The number of carbonyl (C=O) groups excluding carboxylic acids is 1. The van der Waals surface area contributed by atoms with Crippen LogP contribution in [0.5, 0.6) is 0 Å². The van der Waals surface area contributed by atoms with Gasteiger partial charge in [0, 0.05) is 36.8 Å². The molecule has 0 unspecified atom stereocenters. The van der Waals surface area contributed by atoms with Gasteiger partial charge >= 0.3 is 0 Å². The van der Waals surface area contributed by atoms with E-state index < -0.39 is 28.8 Å². The lowest BCUT2D eigenvalue weighted by atomic mass is 9.66. The maximum atomic E-state index is 14.5. The minimum absolute atomic E-state index is 0.0213. The van der Waals surface area contributed by atoms with Gasteiger partial charge < -0.3 is 16.0 Å². The molecule has 42 heavy (non-hydrogen) atoms. The first-order chi connectivity index (χ1) is 20.2. The van der Waals surface area contributed by atoms with E-state index in [4.69, 9.17) is 10.8 Å². The first kappa shape index (κ1) is 26.8. The number of benzene rings is 2. The molecular formula is C31H33F2N7O2. The van der Waals surface area contributed by atoms with Crippen LogP contribution in [-0.2, 0) is 5.54 Å². The van der Waals surface area contributed by atoms with Gasteiger partial charge in [0.2, 0.25) is 0 Å². The Hall–Kier alpha value is -4.12. The Labute approximate surface area is 241 Å². The molecule has 4 aromatic rings. The molecule has 9 nitrogen and oxygen atoms in total. The third-order valence-electron chi connectivity index (χ3n) is 9.62. The first-order valence-electron chi connectivity index (χ1n) is 14.6. The Balaban J connectivity index is 1.28. The summed E-state index contributed by atoms with van der Waals surface area (Å²) in [6, 6.07) is 9.27. The van der Waals surface area contributed by atoms with Gasteiger partial charge in [0.25, 0.3) is 11.5 Å². The van der Waals surface area contributed by atoms with E-state index in [0.29, 0.717) is 16.9 Å². The molecule has 0 spiro atoms. The summed E-state index contributed by atoms with van der Waals surface area (Å²) in [6.45, 7) is 3.45. The number of para-hydroxylation sites is 1. The molecule has 3 saturated carbocycles. The molecule has 3 N–H and O–H groups in total. The Morgan fingerprint density at radius 2 is 1.69 bits per heavy atom. The fraction of sp³-hybridized carbons (Fsp3) is 0.419. The Bertz CT molecular complexity index is 1710. The Kier molecular flexibility index (Phi) is 6.38. The fourth-order valence-electron chi connectivity index (χ4n) is 7.08. The van der Waals surface area contributed by atoms with Gasteiger partial charge in [-0.3, -0.25) is 14.3 Å². The number of amides is 1. The van der Waals surface area contributed by atoms with Crippen LogP contribution in [0.2, 0.25) is 0 Å². The predicted octanol–water partition coefficient (Wildman–Crippen LogP) is 4.58. The molecule has 2 aromatic carbocycles. The lowest BCUT2D eigenvalue weighted by molar-refractivity contribution is 0.0637. The number of hydrogen-bond donors (Lipinski definition) is 2. The Morgan fingerprint density at radius 1 is 0.976 bits per heavy atom. The SMILES string of the molecule is C[C@@H]1CN(c2c(NC(=O)c3ccc(=O)n(-c4c(F)cccc4F)n3)ccc3nn(C45CCC(CC4)CC5)cc23)C[C@@H]1N. The zero-order chi connectivity index (χ0) is 29.2. The van der Waals surface area contributed by atoms with Crippen LogP contribution in [0.1, 0.15) is 55.9 Å². The van der Waals surface area contributed by atoms with Crippen molar-refractivity contribution in [3.05, 3.63) is 76.3 Å². The fourth-order valence-corrected chi connectivity index (χ4v) is 7.08. The smallest absolute Gasteiger partial charge is 0.276 e. The summed E-state index contributed by atoms with van der Waals surface area (Å²) >= 11 is 0. The summed E-state index contributed by atoms with van der Waals surface area (Å²) in [4.78, 5) is 28.2. The van der Waals surface area contributed by atoms with Crippen molar-refractivity contribution in [1.82, 2.24) is 19.6 Å². The van der Waals surface area contributed by atoms with E-state index in [1.54, 1.807) is 0 Å². The highest BCUT2D eigenvalue weighted by molar-refractivity contribution is 6.08. The van der Waals surface area contributed by atoms with Crippen molar-refractivity contribution in [2.45, 2.75) is 57.0 Å². The minimum atomic E-state index is -0.961. The van der Waals surface area contributed by atoms with Crippen molar-refractivity contribution in [3.8, 4) is 5.69 Å². The molecule has 4 fully saturated rings. The molecule has 3 aliphatic carbocycles. The zero-order valence-electron chi connectivity index (χ0n) is 23.4. The number of nitrogens with one attached hydrogen (secondary N) is 1. The zero-order valence-corrected chi connectivity index (χ0v) is 23.4. The lowest BCUT2D eigenvalue weighted by Gasteiger charge is -2.46. The Morgan fingerprint density at radius 3 is 2.36 bits per heavy atom. The topological polar surface area (TPSA) is 111 Å². The number of nitrogens with zero attached hydrogens (tertiary/aromatic N) is 5. The number of fused-ring (bicyclic) bond motifs is 4. The van der Waals surface area contributed by atoms with E-state index in [1.807, 2.05) is 12.1 Å². The van der Waals surface area contributed by atoms with Gasteiger partial charge in [0.05, 0.1) is 22.4 Å². The van der Waals surface area contributed by atoms with Crippen molar-refractivity contribution in [3.63, 3.8) is 0 Å². The van der Waals surface area contributed by atoms with Crippen LogP contribution in [0.25, 0.3) is 16.6 Å². The molecule has 2 aromatic heterocycles. The third kappa shape index (κ3) is 4.38. The van der Waals surface area contributed by atoms with Crippen LogP contribution < -0.4 is 21.5 Å². The highest BCUT2D eigenvalue weighted by atomic mass is 19.1. The third-order valence-corrected chi connectivity index (χ3v) is 9.62.